The summed E-state index contributed by atoms with van der Waals surface area (Å²) in [5.41, 5.74) is 0. The van der Waals surface area contributed by atoms with E-state index in [1.54, 1.807) is 11.8 Å². The number of carboxylic acids is 1. The fraction of sp³-hybridized carbons (Fsp3) is 0.750. The maximum atomic E-state index is 11.7. The van der Waals surface area contributed by atoms with Crippen LogP contribution < -0.4 is 10.6 Å². The van der Waals surface area contributed by atoms with Gasteiger partial charge in [-0.3, -0.25) is 19.8 Å². The van der Waals surface area contributed by atoms with Crippen molar-refractivity contribution >= 4 is 17.9 Å². The molecule has 20 heavy (non-hydrogen) atoms. The number of carboxylic acid groups (broad SMARTS) is 1. The number of imide groups is 1. The van der Waals surface area contributed by atoms with Gasteiger partial charge in [-0.15, -0.1) is 0 Å². The van der Waals surface area contributed by atoms with Crippen molar-refractivity contribution in [3.8, 4) is 0 Å². The first-order chi connectivity index (χ1) is 9.49. The van der Waals surface area contributed by atoms with Gasteiger partial charge in [0, 0.05) is 12.6 Å². The van der Waals surface area contributed by atoms with E-state index in [4.69, 9.17) is 9.84 Å². The maximum Gasteiger partial charge on any atom is 0.321 e. The minimum absolute atomic E-state index is 0.0363. The van der Waals surface area contributed by atoms with Gasteiger partial charge in [0.2, 0.25) is 5.91 Å². The van der Waals surface area contributed by atoms with Crippen LogP contribution in [-0.2, 0) is 14.3 Å². The number of amides is 3. The predicted molar refractivity (Wildman–Crippen MR) is 70.2 cm³/mol. The van der Waals surface area contributed by atoms with Crippen molar-refractivity contribution in [1.82, 2.24) is 15.5 Å². The van der Waals surface area contributed by atoms with Gasteiger partial charge in [-0.1, -0.05) is 6.92 Å². The van der Waals surface area contributed by atoms with Crippen LogP contribution in [0.3, 0.4) is 0 Å². The number of nitrogens with zero attached hydrogens (tertiary/aromatic N) is 1. The van der Waals surface area contributed by atoms with Crippen molar-refractivity contribution < 1.29 is 24.2 Å². The Hall–Kier alpha value is -1.67. The Morgan fingerprint density at radius 3 is 2.55 bits per heavy atom. The molecule has 1 heterocycles. The smallest absolute Gasteiger partial charge is 0.321 e. The molecule has 2 unspecified atom stereocenters. The van der Waals surface area contributed by atoms with Crippen LogP contribution in [0.2, 0.25) is 0 Å². The highest BCUT2D eigenvalue weighted by Gasteiger charge is 2.38. The predicted octanol–water partition coefficient (Wildman–Crippen LogP) is -0.746. The Bertz CT molecular complexity index is 374. The molecule has 0 bridgehead atoms. The molecule has 0 aromatic carbocycles. The molecule has 3 N–H and O–H groups in total. The monoisotopic (exact) mass is 287 g/mol. The van der Waals surface area contributed by atoms with E-state index in [1.807, 2.05) is 6.92 Å². The maximum absolute atomic E-state index is 11.7. The first kappa shape index (κ1) is 16.4. The number of urea groups is 1. The van der Waals surface area contributed by atoms with E-state index < -0.39 is 23.8 Å². The standard InChI is InChI=1S/C12H21N3O5/c1-3-13-12(19)14-10(16)5-15(4-2)9-7-20-6-8(9)11(17)18/h8-9H,3-7H2,1-2H3,(H,17,18)(H2,13,14,16,19). The molecule has 114 valence electrons. The van der Waals surface area contributed by atoms with Crippen molar-refractivity contribution in [3.63, 3.8) is 0 Å². The third-order valence-electron chi connectivity index (χ3n) is 3.18. The van der Waals surface area contributed by atoms with E-state index in [9.17, 15) is 14.4 Å². The highest BCUT2D eigenvalue weighted by molar-refractivity contribution is 5.95. The normalized spacial score (nSPS) is 21.8. The summed E-state index contributed by atoms with van der Waals surface area (Å²) in [4.78, 5) is 35.8. The van der Waals surface area contributed by atoms with Crippen LogP contribution in [0.1, 0.15) is 13.8 Å². The van der Waals surface area contributed by atoms with E-state index in [2.05, 4.69) is 10.6 Å². The molecule has 0 saturated carbocycles. The molecular weight excluding hydrogens is 266 g/mol. The van der Waals surface area contributed by atoms with Gasteiger partial charge < -0.3 is 15.2 Å². The second-order valence-corrected chi connectivity index (χ2v) is 4.52. The van der Waals surface area contributed by atoms with Crippen LogP contribution in [0, 0.1) is 5.92 Å². The molecule has 0 aromatic rings. The molecular formula is C12H21N3O5. The minimum atomic E-state index is -0.935. The summed E-state index contributed by atoms with van der Waals surface area (Å²) < 4.78 is 5.18. The fourth-order valence-corrected chi connectivity index (χ4v) is 2.16. The lowest BCUT2D eigenvalue weighted by Crippen LogP contribution is -2.49. The molecule has 0 aromatic heterocycles. The largest absolute Gasteiger partial charge is 0.481 e. The van der Waals surface area contributed by atoms with Gasteiger partial charge in [0.25, 0.3) is 0 Å². The number of ether oxygens (including phenoxy) is 1. The van der Waals surface area contributed by atoms with Gasteiger partial charge >= 0.3 is 12.0 Å². The third-order valence-corrected chi connectivity index (χ3v) is 3.18. The lowest BCUT2D eigenvalue weighted by molar-refractivity contribution is -0.143. The second kappa shape index (κ2) is 7.81. The second-order valence-electron chi connectivity index (χ2n) is 4.52. The minimum Gasteiger partial charge on any atom is -0.481 e. The van der Waals surface area contributed by atoms with Crippen LogP contribution in [0.15, 0.2) is 0 Å². The number of likely N-dealkylation sites (N-methyl/N-ethyl adjacent to an activating group) is 1. The summed E-state index contributed by atoms with van der Waals surface area (Å²) in [6.07, 6.45) is 0. The first-order valence-corrected chi connectivity index (χ1v) is 6.61. The SMILES string of the molecule is CCNC(=O)NC(=O)CN(CC)C1COCC1C(=O)O. The lowest BCUT2D eigenvalue weighted by atomic mass is 10.0. The summed E-state index contributed by atoms with van der Waals surface area (Å²) >= 11 is 0. The highest BCUT2D eigenvalue weighted by Crippen LogP contribution is 2.19. The molecule has 8 heteroatoms. The van der Waals surface area contributed by atoms with E-state index in [0.29, 0.717) is 13.1 Å². The van der Waals surface area contributed by atoms with Crippen LogP contribution in [0.25, 0.3) is 0 Å². The Morgan fingerprint density at radius 2 is 2.00 bits per heavy atom. The van der Waals surface area contributed by atoms with Crippen molar-refractivity contribution in [3.05, 3.63) is 0 Å². The third kappa shape index (κ3) is 4.46. The number of carbonyl (C=O) groups is 3. The van der Waals surface area contributed by atoms with Gasteiger partial charge in [0.05, 0.1) is 25.7 Å². The molecule has 0 spiro atoms. The average molecular weight is 287 g/mol. The van der Waals surface area contributed by atoms with E-state index in [-0.39, 0.29) is 25.8 Å². The summed E-state index contributed by atoms with van der Waals surface area (Å²) in [5.74, 6) is -2.05. The van der Waals surface area contributed by atoms with Crippen LogP contribution in [0.4, 0.5) is 4.79 Å². The molecule has 1 aliphatic rings. The number of nitrogens with one attached hydrogen (secondary N) is 2. The molecule has 8 nitrogen and oxygen atoms in total. The Labute approximate surface area is 117 Å². The Morgan fingerprint density at radius 1 is 1.30 bits per heavy atom. The molecule has 3 amide bonds. The Balaban J connectivity index is 2.56. The molecule has 0 radical (unpaired) electrons. The summed E-state index contributed by atoms with van der Waals surface area (Å²) in [7, 11) is 0. The van der Waals surface area contributed by atoms with E-state index >= 15 is 0 Å². The fourth-order valence-electron chi connectivity index (χ4n) is 2.16. The number of aliphatic carboxylic acids is 1. The summed E-state index contributed by atoms with van der Waals surface area (Å²) in [5, 5.41) is 13.8. The molecule has 1 fully saturated rings. The van der Waals surface area contributed by atoms with Gasteiger partial charge in [-0.05, 0) is 13.5 Å². The molecule has 0 aliphatic carbocycles. The van der Waals surface area contributed by atoms with Crippen LogP contribution >= 0.6 is 0 Å². The molecule has 1 saturated heterocycles. The van der Waals surface area contributed by atoms with Crippen molar-refractivity contribution in [1.29, 1.82) is 0 Å². The number of rotatable bonds is 6. The molecule has 1 rings (SSSR count). The van der Waals surface area contributed by atoms with Crippen molar-refractivity contribution in [2.75, 3.05) is 32.8 Å². The van der Waals surface area contributed by atoms with Crippen LogP contribution in [0.5, 0.6) is 0 Å². The lowest BCUT2D eigenvalue weighted by Gasteiger charge is -2.28. The number of hydrogen-bond donors (Lipinski definition) is 3. The first-order valence-electron chi connectivity index (χ1n) is 6.61. The number of hydrogen-bond acceptors (Lipinski definition) is 5. The van der Waals surface area contributed by atoms with Gasteiger partial charge in [0.1, 0.15) is 0 Å². The average Bonchev–Trinajstić information content (AvgIpc) is 2.85. The topological polar surface area (TPSA) is 108 Å². The Kier molecular flexibility index (Phi) is 6.40. The van der Waals surface area contributed by atoms with Crippen LogP contribution in [-0.4, -0.2) is 66.8 Å². The van der Waals surface area contributed by atoms with E-state index in [1.165, 1.54) is 0 Å². The molecule has 1 aliphatic heterocycles. The zero-order valence-electron chi connectivity index (χ0n) is 11.7. The van der Waals surface area contributed by atoms with Gasteiger partial charge in [-0.25, -0.2) is 4.79 Å². The van der Waals surface area contributed by atoms with Crippen molar-refractivity contribution in [2.45, 2.75) is 19.9 Å². The van der Waals surface area contributed by atoms with E-state index in [0.717, 1.165) is 0 Å². The van der Waals surface area contributed by atoms with Gasteiger partial charge in [-0.2, -0.15) is 0 Å². The van der Waals surface area contributed by atoms with Crippen molar-refractivity contribution in [2.24, 2.45) is 5.92 Å². The zero-order valence-corrected chi connectivity index (χ0v) is 11.7. The quantitative estimate of drug-likeness (QED) is 0.593. The number of carbonyl (C=O) groups excluding carboxylic acids is 2. The van der Waals surface area contributed by atoms with Gasteiger partial charge in [0.15, 0.2) is 0 Å². The zero-order chi connectivity index (χ0) is 15.1. The molecule has 2 atom stereocenters. The summed E-state index contributed by atoms with van der Waals surface area (Å²) in [6, 6.07) is -0.900. The highest BCUT2D eigenvalue weighted by atomic mass is 16.5. The summed E-state index contributed by atoms with van der Waals surface area (Å²) in [6.45, 7) is 4.89.